The Morgan fingerprint density at radius 2 is 1.69 bits per heavy atom. The lowest BCUT2D eigenvalue weighted by atomic mass is 10.2. The number of para-hydroxylation sites is 1. The molecule has 2 aromatic rings. The first kappa shape index (κ1) is 31.6. The van der Waals surface area contributed by atoms with E-state index >= 15 is 0 Å². The Bertz CT molecular complexity index is 1270. The summed E-state index contributed by atoms with van der Waals surface area (Å²) >= 11 is 0. The molecule has 2 aliphatic heterocycles. The molecule has 1 aromatic heterocycles. The topological polar surface area (TPSA) is 129 Å². The number of rotatable bonds is 9. The molecule has 39 heavy (non-hydrogen) atoms. The van der Waals surface area contributed by atoms with Gasteiger partial charge in [0.2, 0.25) is 10.0 Å². The maximum Gasteiger partial charge on any atom is 0.217 e. The normalized spacial score (nSPS) is 16.9. The van der Waals surface area contributed by atoms with Crippen LogP contribution in [0.4, 0.5) is 5.69 Å². The van der Waals surface area contributed by atoms with E-state index in [-0.39, 0.29) is 7.85 Å². The summed E-state index contributed by atoms with van der Waals surface area (Å²) in [7, 11) is -0.739. The van der Waals surface area contributed by atoms with Crippen molar-refractivity contribution in [1.29, 1.82) is 0 Å². The number of hydrazone groups is 1. The number of hydrogen-bond donors (Lipinski definition) is 4. The minimum Gasteiger partial charge on any atom is -0.494 e. The van der Waals surface area contributed by atoms with E-state index in [1.54, 1.807) is 36.1 Å². The van der Waals surface area contributed by atoms with Crippen molar-refractivity contribution in [2.24, 2.45) is 5.10 Å². The van der Waals surface area contributed by atoms with Gasteiger partial charge in [-0.2, -0.15) is 9.82 Å². The predicted octanol–water partition coefficient (Wildman–Crippen LogP) is 4.55. The number of sulfonamides is 1. The van der Waals surface area contributed by atoms with Crippen molar-refractivity contribution in [1.82, 2.24) is 21.0 Å². The number of amidine groups is 1. The van der Waals surface area contributed by atoms with Crippen LogP contribution in [0.2, 0.25) is 0 Å². The van der Waals surface area contributed by atoms with Crippen molar-refractivity contribution >= 4 is 21.5 Å². The molecular formula is C27H44N6O5S. The highest BCUT2D eigenvalue weighted by atomic mass is 32.2. The first-order valence-electron chi connectivity index (χ1n) is 13.0. The van der Waals surface area contributed by atoms with Gasteiger partial charge in [0.1, 0.15) is 22.9 Å². The summed E-state index contributed by atoms with van der Waals surface area (Å²) in [4.78, 5) is 1.66. The van der Waals surface area contributed by atoms with E-state index < -0.39 is 21.6 Å². The number of methoxy groups -OCH3 is 2. The van der Waals surface area contributed by atoms with Gasteiger partial charge in [0.05, 0.1) is 19.5 Å². The van der Waals surface area contributed by atoms with E-state index in [2.05, 4.69) is 26.1 Å². The molecule has 1 unspecified atom stereocenters. The highest BCUT2D eigenvalue weighted by Crippen LogP contribution is 2.40. The molecule has 2 atom stereocenters. The van der Waals surface area contributed by atoms with Gasteiger partial charge in [0.25, 0.3) is 0 Å². The van der Waals surface area contributed by atoms with Crippen molar-refractivity contribution in [3.63, 3.8) is 0 Å². The zero-order valence-electron chi connectivity index (χ0n) is 24.2. The van der Waals surface area contributed by atoms with Gasteiger partial charge >= 0.3 is 0 Å². The molecule has 0 radical (unpaired) electrons. The zero-order chi connectivity index (χ0) is 29.2. The number of nitrogens with zero attached hydrogens (tertiary/aromatic N) is 2. The third-order valence-electron chi connectivity index (χ3n) is 5.65. The standard InChI is InChI=1S/C23H30N6O5S.2C2H6.H2/c1-14-9-11-17(25-24-14)13-16(3)35(30,31)28-23-27-26-22(20-12-10-15(2)34-20)29(23)21-18(32-4)7-6-8-19(21)33-5;2*1-2;/h6-12,16,23-25,27-28H,13H2,1-5H3;2*1-2H3;1H/t16-,23?;;;/m1.../s1. The second-order valence-electron chi connectivity index (χ2n) is 8.23. The fourth-order valence-electron chi connectivity index (χ4n) is 3.77. The molecule has 0 aliphatic carbocycles. The second kappa shape index (κ2) is 14.5. The van der Waals surface area contributed by atoms with E-state index in [1.807, 2.05) is 59.8 Å². The number of aryl methyl sites for hydroxylation is 1. The second-order valence-corrected chi connectivity index (χ2v) is 10.4. The van der Waals surface area contributed by atoms with Crippen LogP contribution in [-0.2, 0) is 10.0 Å². The summed E-state index contributed by atoms with van der Waals surface area (Å²) in [5.41, 5.74) is 11.1. The van der Waals surface area contributed by atoms with Gasteiger partial charge in [-0.1, -0.05) is 33.8 Å². The van der Waals surface area contributed by atoms with Crippen LogP contribution in [0.1, 0.15) is 60.9 Å². The Morgan fingerprint density at radius 3 is 2.21 bits per heavy atom. The summed E-state index contributed by atoms with van der Waals surface area (Å²) in [6, 6.07) is 8.89. The van der Waals surface area contributed by atoms with Crippen molar-refractivity contribution < 1.29 is 23.7 Å². The van der Waals surface area contributed by atoms with Crippen molar-refractivity contribution in [3.8, 4) is 11.5 Å². The van der Waals surface area contributed by atoms with Crippen LogP contribution in [-0.4, -0.2) is 40.0 Å². The Hall–Kier alpha value is -3.64. The monoisotopic (exact) mass is 564 g/mol. The van der Waals surface area contributed by atoms with Gasteiger partial charge < -0.3 is 24.7 Å². The van der Waals surface area contributed by atoms with Crippen molar-refractivity contribution in [2.45, 2.75) is 66.4 Å². The molecule has 0 saturated carbocycles. The molecule has 1 aromatic carbocycles. The van der Waals surface area contributed by atoms with E-state index in [1.165, 1.54) is 14.2 Å². The highest BCUT2D eigenvalue weighted by Gasteiger charge is 2.39. The fraction of sp³-hybridized carbons (Fsp3) is 0.444. The number of hydrogen-bond acceptors (Lipinski definition) is 10. The number of ether oxygens (including phenoxy) is 2. The predicted molar refractivity (Wildman–Crippen MR) is 158 cm³/mol. The molecule has 4 rings (SSSR count). The number of benzene rings is 1. The molecule has 218 valence electrons. The summed E-state index contributed by atoms with van der Waals surface area (Å²) in [5, 5.41) is 3.65. The fourth-order valence-corrected chi connectivity index (χ4v) is 4.87. The number of nitrogens with one attached hydrogen (secondary N) is 4. The average molecular weight is 565 g/mol. The van der Waals surface area contributed by atoms with Crippen molar-refractivity contribution in [2.75, 3.05) is 19.1 Å². The number of allylic oxidation sites excluding steroid dienone is 4. The van der Waals surface area contributed by atoms with Gasteiger partial charge in [0.15, 0.2) is 17.9 Å². The number of hydrazine groups is 1. The third-order valence-corrected chi connectivity index (χ3v) is 7.43. The SMILES string of the molecule is CC.CC.COc1cccc(OC)c1N1C(c2ccc(C)o2)=NNC1NS(=O)(=O)[C@H](C)CC1=CC=C(C)NN1.[HH]. The van der Waals surface area contributed by atoms with Gasteiger partial charge in [-0.25, -0.2) is 8.42 Å². The molecule has 0 fully saturated rings. The number of anilines is 1. The Kier molecular flexibility index (Phi) is 11.7. The first-order valence-corrected chi connectivity index (χ1v) is 14.6. The average Bonchev–Trinajstić information content (AvgIpc) is 3.56. The third kappa shape index (κ3) is 7.48. The molecule has 3 heterocycles. The van der Waals surface area contributed by atoms with E-state index in [0.29, 0.717) is 34.5 Å². The smallest absolute Gasteiger partial charge is 0.217 e. The lowest BCUT2D eigenvalue weighted by Gasteiger charge is -2.30. The van der Waals surface area contributed by atoms with E-state index in [0.717, 1.165) is 11.4 Å². The maximum absolute atomic E-state index is 13.4. The molecular weight excluding hydrogens is 520 g/mol. The minimum atomic E-state index is -3.81. The van der Waals surface area contributed by atoms with Crippen LogP contribution < -0.4 is 35.4 Å². The number of furan rings is 1. The van der Waals surface area contributed by atoms with Crippen LogP contribution in [0.25, 0.3) is 0 Å². The van der Waals surface area contributed by atoms with Crippen molar-refractivity contribution in [3.05, 3.63) is 65.4 Å². The van der Waals surface area contributed by atoms with Gasteiger partial charge in [-0.3, -0.25) is 10.3 Å². The lowest BCUT2D eigenvalue weighted by molar-refractivity contribution is 0.392. The van der Waals surface area contributed by atoms with E-state index in [9.17, 15) is 8.42 Å². The van der Waals surface area contributed by atoms with Crippen LogP contribution in [0.3, 0.4) is 0 Å². The van der Waals surface area contributed by atoms with Gasteiger partial charge in [-0.05, 0) is 57.2 Å². The summed E-state index contributed by atoms with van der Waals surface area (Å²) in [5.74, 6) is 2.49. The van der Waals surface area contributed by atoms with Crippen LogP contribution in [0, 0.1) is 6.92 Å². The molecule has 0 spiro atoms. The van der Waals surface area contributed by atoms with Gasteiger partial charge in [-0.15, -0.1) is 0 Å². The summed E-state index contributed by atoms with van der Waals surface area (Å²) in [6.45, 7) is 13.4. The molecule has 12 heteroatoms. The quantitative estimate of drug-likeness (QED) is 0.347. The maximum atomic E-state index is 13.4. The first-order chi connectivity index (χ1) is 18.7. The minimum absolute atomic E-state index is 0. The largest absolute Gasteiger partial charge is 0.494 e. The zero-order valence-corrected chi connectivity index (χ0v) is 25.1. The molecule has 2 aliphatic rings. The Labute approximate surface area is 233 Å². The molecule has 4 N–H and O–H groups in total. The van der Waals surface area contributed by atoms with Crippen LogP contribution >= 0.6 is 0 Å². The molecule has 0 saturated heterocycles. The Morgan fingerprint density at radius 1 is 1.05 bits per heavy atom. The van der Waals surface area contributed by atoms with Crippen LogP contribution in [0.15, 0.2) is 63.4 Å². The molecule has 0 bridgehead atoms. The summed E-state index contributed by atoms with van der Waals surface area (Å²) in [6.07, 6.45) is 3.07. The van der Waals surface area contributed by atoms with Crippen LogP contribution in [0.5, 0.6) is 11.5 Å². The van der Waals surface area contributed by atoms with E-state index in [4.69, 9.17) is 13.9 Å². The molecule has 11 nitrogen and oxygen atoms in total. The lowest BCUT2D eigenvalue weighted by Crippen LogP contribution is -2.54. The Balaban J connectivity index is 0.00000153. The van der Waals surface area contributed by atoms with Gasteiger partial charge in [0, 0.05) is 19.2 Å². The summed E-state index contributed by atoms with van der Waals surface area (Å²) < 4.78 is 46.4. The highest BCUT2D eigenvalue weighted by molar-refractivity contribution is 7.90. The molecule has 0 amide bonds.